The fourth-order valence-corrected chi connectivity index (χ4v) is 7.98. The Morgan fingerprint density at radius 3 is 1.59 bits per heavy atom. The van der Waals surface area contributed by atoms with Crippen molar-refractivity contribution < 1.29 is 13.3 Å². The van der Waals surface area contributed by atoms with Crippen LogP contribution < -0.4 is 0 Å². The van der Waals surface area contributed by atoms with Crippen LogP contribution in [0.3, 0.4) is 0 Å². The van der Waals surface area contributed by atoms with Gasteiger partial charge in [0.25, 0.3) is 0 Å². The fourth-order valence-electron chi connectivity index (χ4n) is 7.98. The molecule has 0 N–H and O–H groups in total. The van der Waals surface area contributed by atoms with Crippen LogP contribution in [0.5, 0.6) is 0 Å². The lowest BCUT2D eigenvalue weighted by Crippen LogP contribution is -1.90. The van der Waals surface area contributed by atoms with E-state index in [0.29, 0.717) is 0 Å². The van der Waals surface area contributed by atoms with E-state index in [1.54, 1.807) is 0 Å². The van der Waals surface area contributed by atoms with E-state index >= 15 is 0 Å². The zero-order valence-corrected chi connectivity index (χ0v) is 26.2. The maximum absolute atomic E-state index is 6.41. The van der Waals surface area contributed by atoms with Crippen molar-refractivity contribution in [3.63, 3.8) is 0 Å². The molecule has 228 valence electrons. The van der Waals surface area contributed by atoms with Crippen LogP contribution in [-0.4, -0.2) is 0 Å². The standard InChI is InChI=1S/C46H26O3/c1-2-10-27(11-3-1)38-26-47-46-36(38)21-23-41-45(46)37-24-28(19-22-40(37)48-41)43-32-13-4-6-15-34(32)44(35-16-7-5-14-33(35)43)29-18-20-31-30-12-8-9-17-39(30)49-42(31)25-29/h1-26H. The quantitative estimate of drug-likeness (QED) is 0.183. The Balaban J connectivity index is 1.17. The summed E-state index contributed by atoms with van der Waals surface area (Å²) in [6.07, 6.45) is 1.87. The normalized spacial score (nSPS) is 12.1. The first-order valence-electron chi connectivity index (χ1n) is 16.6. The monoisotopic (exact) mass is 626 g/mol. The molecule has 0 radical (unpaired) electrons. The van der Waals surface area contributed by atoms with E-state index < -0.39 is 0 Å². The lowest BCUT2D eigenvalue weighted by molar-refractivity contribution is 0.619. The largest absolute Gasteiger partial charge is 0.463 e. The highest BCUT2D eigenvalue weighted by Gasteiger charge is 2.21. The Hall–Kier alpha value is -6.58. The first-order chi connectivity index (χ1) is 24.3. The lowest BCUT2D eigenvalue weighted by atomic mass is 9.85. The summed E-state index contributed by atoms with van der Waals surface area (Å²) < 4.78 is 19.1. The van der Waals surface area contributed by atoms with Gasteiger partial charge in [-0.25, -0.2) is 0 Å². The summed E-state index contributed by atoms with van der Waals surface area (Å²) in [4.78, 5) is 0. The second kappa shape index (κ2) is 9.96. The predicted molar refractivity (Wildman–Crippen MR) is 202 cm³/mol. The number of rotatable bonds is 3. The van der Waals surface area contributed by atoms with E-state index in [9.17, 15) is 0 Å². The van der Waals surface area contributed by atoms with Crippen molar-refractivity contribution in [1.29, 1.82) is 0 Å². The summed E-state index contributed by atoms with van der Waals surface area (Å²) in [6, 6.07) is 53.5. The topological polar surface area (TPSA) is 39.4 Å². The third-order valence-corrected chi connectivity index (χ3v) is 10.1. The van der Waals surface area contributed by atoms with Gasteiger partial charge in [0.15, 0.2) is 0 Å². The van der Waals surface area contributed by atoms with Crippen molar-refractivity contribution in [2.24, 2.45) is 0 Å². The zero-order valence-electron chi connectivity index (χ0n) is 26.2. The molecule has 0 aliphatic carbocycles. The van der Waals surface area contributed by atoms with Gasteiger partial charge >= 0.3 is 0 Å². The van der Waals surface area contributed by atoms with Gasteiger partial charge < -0.3 is 13.3 Å². The zero-order chi connectivity index (χ0) is 32.1. The summed E-state index contributed by atoms with van der Waals surface area (Å²) in [5, 5.41) is 10.2. The minimum absolute atomic E-state index is 0.819. The van der Waals surface area contributed by atoms with Crippen molar-refractivity contribution in [2.75, 3.05) is 0 Å². The van der Waals surface area contributed by atoms with Gasteiger partial charge in [0, 0.05) is 27.1 Å². The summed E-state index contributed by atoms with van der Waals surface area (Å²) in [6.45, 7) is 0. The summed E-state index contributed by atoms with van der Waals surface area (Å²) in [7, 11) is 0. The van der Waals surface area contributed by atoms with Gasteiger partial charge in [-0.2, -0.15) is 0 Å². The molecule has 0 saturated heterocycles. The summed E-state index contributed by atoms with van der Waals surface area (Å²) in [5.74, 6) is 0. The SMILES string of the molecule is c1ccc(-c2coc3c2ccc2oc4ccc(-c5c6ccccc6c(-c6ccc7c(c6)oc6ccccc67)c6ccccc56)cc4c23)cc1. The number of para-hydroxylation sites is 1. The van der Waals surface area contributed by atoms with Crippen LogP contribution in [0.4, 0.5) is 0 Å². The first kappa shape index (κ1) is 26.5. The average Bonchev–Trinajstić information content (AvgIpc) is 3.86. The highest BCUT2D eigenvalue weighted by atomic mass is 16.3. The molecule has 3 heteroatoms. The summed E-state index contributed by atoms with van der Waals surface area (Å²) in [5.41, 5.74) is 11.2. The molecule has 49 heavy (non-hydrogen) atoms. The van der Waals surface area contributed by atoms with Gasteiger partial charge in [0.1, 0.15) is 27.9 Å². The van der Waals surface area contributed by atoms with E-state index in [-0.39, 0.29) is 0 Å². The Kier molecular flexibility index (Phi) is 5.38. The van der Waals surface area contributed by atoms with E-state index in [0.717, 1.165) is 77.1 Å². The molecule has 0 aliphatic rings. The molecule has 8 aromatic carbocycles. The van der Waals surface area contributed by atoms with Gasteiger partial charge in [0.05, 0.1) is 11.6 Å². The van der Waals surface area contributed by atoms with Crippen molar-refractivity contribution in [2.45, 2.75) is 0 Å². The molecule has 3 heterocycles. The molecular weight excluding hydrogens is 601 g/mol. The number of benzene rings is 8. The molecule has 0 fully saturated rings. The third kappa shape index (κ3) is 3.78. The lowest BCUT2D eigenvalue weighted by Gasteiger charge is -2.17. The Bertz CT molecular complexity index is 3040. The van der Waals surface area contributed by atoms with Gasteiger partial charge in [-0.15, -0.1) is 0 Å². The molecule has 11 aromatic rings. The van der Waals surface area contributed by atoms with Crippen LogP contribution in [-0.2, 0) is 0 Å². The van der Waals surface area contributed by atoms with Crippen LogP contribution in [0.2, 0.25) is 0 Å². The van der Waals surface area contributed by atoms with Gasteiger partial charge in [0.2, 0.25) is 0 Å². The van der Waals surface area contributed by atoms with Crippen LogP contribution in [0.25, 0.3) is 110 Å². The molecular formula is C46H26O3. The molecule has 0 atom stereocenters. The number of hydrogen-bond acceptors (Lipinski definition) is 3. The smallest absolute Gasteiger partial charge is 0.146 e. The molecule has 0 unspecified atom stereocenters. The van der Waals surface area contributed by atoms with Gasteiger partial charge in [-0.05, 0) is 91.8 Å². The van der Waals surface area contributed by atoms with E-state index in [1.165, 1.54) is 32.7 Å². The molecule has 3 aromatic heterocycles. The van der Waals surface area contributed by atoms with Crippen molar-refractivity contribution in [3.05, 3.63) is 158 Å². The molecule has 11 rings (SSSR count). The van der Waals surface area contributed by atoms with E-state index in [1.807, 2.05) is 24.5 Å². The fraction of sp³-hybridized carbons (Fsp3) is 0. The Morgan fingerprint density at radius 1 is 0.327 bits per heavy atom. The minimum atomic E-state index is 0.819. The average molecular weight is 627 g/mol. The molecule has 3 nitrogen and oxygen atoms in total. The van der Waals surface area contributed by atoms with E-state index in [2.05, 4.69) is 133 Å². The minimum Gasteiger partial charge on any atom is -0.463 e. The van der Waals surface area contributed by atoms with Crippen molar-refractivity contribution in [1.82, 2.24) is 0 Å². The highest BCUT2D eigenvalue weighted by molar-refractivity contribution is 6.24. The van der Waals surface area contributed by atoms with Gasteiger partial charge in [-0.3, -0.25) is 0 Å². The number of furan rings is 3. The maximum Gasteiger partial charge on any atom is 0.146 e. The van der Waals surface area contributed by atoms with Crippen molar-refractivity contribution >= 4 is 76.4 Å². The Morgan fingerprint density at radius 2 is 0.857 bits per heavy atom. The molecule has 0 spiro atoms. The summed E-state index contributed by atoms with van der Waals surface area (Å²) >= 11 is 0. The van der Waals surface area contributed by atoms with Gasteiger partial charge in [-0.1, -0.05) is 109 Å². The van der Waals surface area contributed by atoms with Crippen molar-refractivity contribution in [3.8, 4) is 33.4 Å². The van der Waals surface area contributed by atoms with Crippen LogP contribution >= 0.6 is 0 Å². The highest BCUT2D eigenvalue weighted by Crippen LogP contribution is 2.46. The molecule has 0 saturated carbocycles. The first-order valence-corrected chi connectivity index (χ1v) is 16.6. The molecule has 0 aliphatic heterocycles. The maximum atomic E-state index is 6.41. The Labute approximate surface area is 280 Å². The van der Waals surface area contributed by atoms with E-state index in [4.69, 9.17) is 13.3 Å². The second-order valence-corrected chi connectivity index (χ2v) is 12.8. The van der Waals surface area contributed by atoms with Crippen LogP contribution in [0, 0.1) is 0 Å². The molecule has 0 amide bonds. The second-order valence-electron chi connectivity index (χ2n) is 12.8. The third-order valence-electron chi connectivity index (χ3n) is 10.1. The van der Waals surface area contributed by atoms with Crippen LogP contribution in [0.15, 0.2) is 171 Å². The predicted octanol–water partition coefficient (Wildman–Crippen LogP) is 13.5. The molecule has 0 bridgehead atoms. The number of hydrogen-bond donors (Lipinski definition) is 0. The number of fused-ring (bicyclic) bond motifs is 10. The van der Waals surface area contributed by atoms with Crippen LogP contribution in [0.1, 0.15) is 0 Å².